The highest BCUT2D eigenvalue weighted by Crippen LogP contribution is 2.26. The minimum absolute atomic E-state index is 0.0567. The van der Waals surface area contributed by atoms with Crippen molar-refractivity contribution in [2.45, 2.75) is 24.3 Å². The molecule has 3 rings (SSSR count). The maximum Gasteiger partial charge on any atom is 0.124 e. The van der Waals surface area contributed by atoms with Gasteiger partial charge in [0.1, 0.15) is 11.9 Å². The first kappa shape index (κ1) is 16.8. The summed E-state index contributed by atoms with van der Waals surface area (Å²) in [5, 5.41) is 0.864. The van der Waals surface area contributed by atoms with Crippen LogP contribution in [0, 0.1) is 0 Å². The lowest BCUT2D eigenvalue weighted by Gasteiger charge is -2.20. The zero-order chi connectivity index (χ0) is 16.6. The first-order chi connectivity index (χ1) is 11.8. The summed E-state index contributed by atoms with van der Waals surface area (Å²) in [5.41, 5.74) is 3.82. The molecule has 3 aromatic carbocycles. The van der Waals surface area contributed by atoms with Crippen LogP contribution in [-0.2, 0) is 11.8 Å². The molecule has 0 aliphatic heterocycles. The number of halogens is 1. The Morgan fingerprint density at radius 1 is 0.708 bits per heavy atom. The van der Waals surface area contributed by atoms with Gasteiger partial charge >= 0.3 is 0 Å². The fraction of sp³-hybridized carbons (Fsp3) is 0.182. The van der Waals surface area contributed by atoms with E-state index in [0.29, 0.717) is 0 Å². The highest BCUT2D eigenvalue weighted by molar-refractivity contribution is 9.08. The molecule has 0 saturated heterocycles. The Morgan fingerprint density at radius 2 is 1.33 bits per heavy atom. The molecule has 1 unspecified atom stereocenters. The van der Waals surface area contributed by atoms with Gasteiger partial charge in [0.05, 0.1) is 0 Å². The van der Waals surface area contributed by atoms with Gasteiger partial charge in [0.15, 0.2) is 0 Å². The van der Waals surface area contributed by atoms with E-state index in [9.17, 15) is 0 Å². The molecule has 0 saturated carbocycles. The fourth-order valence-corrected chi connectivity index (χ4v) is 3.10. The van der Waals surface area contributed by atoms with E-state index in [4.69, 9.17) is 4.74 Å². The highest BCUT2D eigenvalue weighted by atomic mass is 79.9. The molecule has 0 fully saturated rings. The number of aryl methyl sites for hydroxylation is 1. The molecule has 0 aliphatic rings. The van der Waals surface area contributed by atoms with Crippen molar-refractivity contribution in [3.05, 3.63) is 102 Å². The van der Waals surface area contributed by atoms with Crippen LogP contribution in [-0.4, -0.2) is 0 Å². The highest BCUT2D eigenvalue weighted by Gasteiger charge is 2.13. The van der Waals surface area contributed by atoms with E-state index in [2.05, 4.69) is 94.8 Å². The van der Waals surface area contributed by atoms with Crippen molar-refractivity contribution in [2.75, 3.05) is 0 Å². The van der Waals surface area contributed by atoms with E-state index in [1.54, 1.807) is 0 Å². The summed E-state index contributed by atoms with van der Waals surface area (Å²) >= 11 is 3.48. The van der Waals surface area contributed by atoms with Crippen LogP contribution in [0.4, 0.5) is 0 Å². The number of hydrogen-bond donors (Lipinski definition) is 0. The average Bonchev–Trinajstić information content (AvgIpc) is 2.67. The molecule has 122 valence electrons. The molecule has 0 aliphatic carbocycles. The van der Waals surface area contributed by atoms with Crippen LogP contribution in [0.5, 0.6) is 5.75 Å². The van der Waals surface area contributed by atoms with E-state index in [1.165, 1.54) is 16.7 Å². The van der Waals surface area contributed by atoms with Gasteiger partial charge in [-0.25, -0.2) is 0 Å². The maximum absolute atomic E-state index is 6.31. The monoisotopic (exact) mass is 380 g/mol. The average molecular weight is 381 g/mol. The van der Waals surface area contributed by atoms with Crippen LogP contribution >= 0.6 is 15.9 Å². The molecule has 0 radical (unpaired) electrons. The Bertz CT molecular complexity index is 723. The summed E-state index contributed by atoms with van der Waals surface area (Å²) in [4.78, 5) is 0. The SMILES string of the molecule is BrCc1ccc(OC(CCc2ccccc2)c2ccccc2)cc1. The van der Waals surface area contributed by atoms with Crippen molar-refractivity contribution in [3.8, 4) is 5.75 Å². The van der Waals surface area contributed by atoms with E-state index < -0.39 is 0 Å². The second-order valence-corrected chi connectivity index (χ2v) is 6.38. The molecule has 0 spiro atoms. The molecule has 3 aromatic rings. The van der Waals surface area contributed by atoms with Gasteiger partial charge in [-0.1, -0.05) is 88.7 Å². The molecule has 0 amide bonds. The summed E-state index contributed by atoms with van der Waals surface area (Å²) in [6.07, 6.45) is 2.01. The maximum atomic E-state index is 6.31. The van der Waals surface area contributed by atoms with Gasteiger partial charge in [-0.2, -0.15) is 0 Å². The minimum Gasteiger partial charge on any atom is -0.486 e. The largest absolute Gasteiger partial charge is 0.486 e. The van der Waals surface area contributed by atoms with Crippen molar-refractivity contribution < 1.29 is 4.74 Å². The van der Waals surface area contributed by atoms with Gasteiger partial charge in [0.25, 0.3) is 0 Å². The van der Waals surface area contributed by atoms with E-state index in [-0.39, 0.29) is 6.10 Å². The van der Waals surface area contributed by atoms with Crippen LogP contribution < -0.4 is 4.74 Å². The summed E-state index contributed by atoms with van der Waals surface area (Å²) in [6.45, 7) is 0. The van der Waals surface area contributed by atoms with E-state index >= 15 is 0 Å². The Balaban J connectivity index is 1.74. The third kappa shape index (κ3) is 4.72. The van der Waals surface area contributed by atoms with Crippen LogP contribution in [0.25, 0.3) is 0 Å². The Labute approximate surface area is 152 Å². The van der Waals surface area contributed by atoms with Crippen molar-refractivity contribution in [2.24, 2.45) is 0 Å². The molecule has 0 aromatic heterocycles. The van der Waals surface area contributed by atoms with E-state index in [1.807, 2.05) is 6.07 Å². The molecule has 24 heavy (non-hydrogen) atoms. The first-order valence-corrected chi connectivity index (χ1v) is 9.38. The molecule has 1 nitrogen and oxygen atoms in total. The normalized spacial score (nSPS) is 11.9. The molecule has 1 atom stereocenters. The standard InChI is InChI=1S/C22H21BrO/c23-17-19-11-14-21(15-12-19)24-22(20-9-5-2-6-10-20)16-13-18-7-3-1-4-8-18/h1-12,14-15,22H,13,16-17H2. The molecule has 0 N–H and O–H groups in total. The lowest BCUT2D eigenvalue weighted by Crippen LogP contribution is -2.09. The van der Waals surface area contributed by atoms with Gasteiger partial charge in [-0.15, -0.1) is 0 Å². The summed E-state index contributed by atoms with van der Waals surface area (Å²) in [7, 11) is 0. The molecule has 0 bridgehead atoms. The Hall–Kier alpha value is -2.06. The molecule has 0 heterocycles. The summed E-state index contributed by atoms with van der Waals surface area (Å²) in [6, 6.07) is 29.4. The van der Waals surface area contributed by atoms with Crippen LogP contribution in [0.2, 0.25) is 0 Å². The second kappa shape index (κ2) is 8.70. The van der Waals surface area contributed by atoms with Crippen molar-refractivity contribution >= 4 is 15.9 Å². The van der Waals surface area contributed by atoms with Crippen molar-refractivity contribution in [3.63, 3.8) is 0 Å². The van der Waals surface area contributed by atoms with Gasteiger partial charge in [-0.05, 0) is 41.7 Å². The third-order valence-electron chi connectivity index (χ3n) is 4.07. The number of hydrogen-bond acceptors (Lipinski definition) is 1. The van der Waals surface area contributed by atoms with Crippen LogP contribution in [0.3, 0.4) is 0 Å². The number of rotatable bonds is 7. The molecular formula is C22H21BrO. The van der Waals surface area contributed by atoms with Gasteiger partial charge in [-0.3, -0.25) is 0 Å². The molecule has 2 heteroatoms. The number of ether oxygens (including phenoxy) is 1. The van der Waals surface area contributed by atoms with E-state index in [0.717, 1.165) is 23.9 Å². The lowest BCUT2D eigenvalue weighted by molar-refractivity contribution is 0.195. The molecular weight excluding hydrogens is 360 g/mol. The topological polar surface area (TPSA) is 9.23 Å². The summed E-state index contributed by atoms with van der Waals surface area (Å²) < 4.78 is 6.31. The van der Waals surface area contributed by atoms with Gasteiger partial charge in [0.2, 0.25) is 0 Å². The van der Waals surface area contributed by atoms with Crippen LogP contribution in [0.1, 0.15) is 29.2 Å². The zero-order valence-corrected chi connectivity index (χ0v) is 15.2. The zero-order valence-electron chi connectivity index (χ0n) is 13.6. The smallest absolute Gasteiger partial charge is 0.124 e. The Morgan fingerprint density at radius 3 is 1.96 bits per heavy atom. The number of benzene rings is 3. The van der Waals surface area contributed by atoms with Gasteiger partial charge < -0.3 is 4.74 Å². The third-order valence-corrected chi connectivity index (χ3v) is 4.71. The van der Waals surface area contributed by atoms with Crippen LogP contribution in [0.15, 0.2) is 84.9 Å². The van der Waals surface area contributed by atoms with Gasteiger partial charge in [0, 0.05) is 5.33 Å². The predicted molar refractivity (Wildman–Crippen MR) is 104 cm³/mol. The quantitative estimate of drug-likeness (QED) is 0.434. The fourth-order valence-electron chi connectivity index (χ4n) is 2.73. The first-order valence-electron chi connectivity index (χ1n) is 8.25. The van der Waals surface area contributed by atoms with Crippen molar-refractivity contribution in [1.82, 2.24) is 0 Å². The second-order valence-electron chi connectivity index (χ2n) is 5.82. The number of alkyl halides is 1. The van der Waals surface area contributed by atoms with Crippen molar-refractivity contribution in [1.29, 1.82) is 0 Å². The minimum atomic E-state index is 0.0567. The lowest BCUT2D eigenvalue weighted by atomic mass is 10.0. The summed E-state index contributed by atoms with van der Waals surface area (Å²) in [5.74, 6) is 0.918. The predicted octanol–water partition coefficient (Wildman–Crippen LogP) is 6.33. The Kier molecular flexibility index (Phi) is 6.08.